The maximum atomic E-state index is 13.1. The number of furan rings is 1. The molecule has 5 heteroatoms. The van der Waals surface area contributed by atoms with E-state index in [9.17, 15) is 13.2 Å². The van der Waals surface area contributed by atoms with Gasteiger partial charge in [0.25, 0.3) is 0 Å². The molecule has 0 saturated heterocycles. The zero-order chi connectivity index (χ0) is 14.2. The summed E-state index contributed by atoms with van der Waals surface area (Å²) in [4.78, 5) is 0.678. The van der Waals surface area contributed by atoms with Gasteiger partial charge in [-0.2, -0.15) is 13.2 Å². The van der Waals surface area contributed by atoms with E-state index in [4.69, 9.17) is 4.42 Å². The highest BCUT2D eigenvalue weighted by Crippen LogP contribution is 2.42. The van der Waals surface area contributed by atoms with Gasteiger partial charge in [-0.15, -0.1) is 11.3 Å². The summed E-state index contributed by atoms with van der Waals surface area (Å²) in [6.07, 6.45) is -4.44. The predicted octanol–water partition coefficient (Wildman–Crippen LogP) is 5.69. The van der Waals surface area contributed by atoms with Crippen molar-refractivity contribution in [1.82, 2.24) is 0 Å². The Bertz CT molecular complexity index is 697. The van der Waals surface area contributed by atoms with Crippen LogP contribution < -0.4 is 0 Å². The van der Waals surface area contributed by atoms with E-state index in [1.807, 2.05) is 0 Å². The number of rotatable bonds is 2. The van der Waals surface area contributed by atoms with E-state index in [2.05, 4.69) is 0 Å². The fraction of sp³-hybridized carbons (Fsp3) is 0.0667. The van der Waals surface area contributed by atoms with Crippen LogP contribution in [-0.4, -0.2) is 0 Å². The second-order valence-electron chi connectivity index (χ2n) is 4.19. The van der Waals surface area contributed by atoms with Gasteiger partial charge in [-0.25, -0.2) is 0 Å². The fourth-order valence-corrected chi connectivity index (χ4v) is 2.62. The van der Waals surface area contributed by atoms with Crippen molar-refractivity contribution in [2.45, 2.75) is 6.18 Å². The average Bonchev–Trinajstić information content (AvgIpc) is 3.08. The highest BCUT2D eigenvalue weighted by atomic mass is 32.1. The molecule has 0 unspecified atom stereocenters. The molecule has 0 amide bonds. The molecule has 20 heavy (non-hydrogen) atoms. The normalized spacial score (nSPS) is 11.8. The Kier molecular flexibility index (Phi) is 3.14. The first-order valence-corrected chi connectivity index (χ1v) is 6.74. The van der Waals surface area contributed by atoms with Crippen LogP contribution in [0.4, 0.5) is 13.2 Å². The third kappa shape index (κ3) is 2.36. The molecule has 0 atom stereocenters. The van der Waals surface area contributed by atoms with Crippen LogP contribution >= 0.6 is 11.3 Å². The number of hydrogen-bond acceptors (Lipinski definition) is 2. The van der Waals surface area contributed by atoms with Gasteiger partial charge in [0.15, 0.2) is 0 Å². The van der Waals surface area contributed by atoms with Crippen molar-refractivity contribution in [3.8, 4) is 22.0 Å². The van der Waals surface area contributed by atoms with Gasteiger partial charge in [0.2, 0.25) is 0 Å². The first-order valence-electron chi connectivity index (χ1n) is 5.86. The molecule has 2 heterocycles. The summed E-state index contributed by atoms with van der Waals surface area (Å²) >= 11 is 1.34. The lowest BCUT2D eigenvalue weighted by Gasteiger charge is -2.05. The first-order chi connectivity index (χ1) is 9.55. The molecule has 0 spiro atoms. The van der Waals surface area contributed by atoms with Crippen LogP contribution in [0.5, 0.6) is 0 Å². The molecule has 0 radical (unpaired) electrons. The number of thiophene rings is 1. The Labute approximate surface area is 117 Å². The summed E-state index contributed by atoms with van der Waals surface area (Å²) in [7, 11) is 0. The highest BCUT2D eigenvalue weighted by molar-refractivity contribution is 7.13. The molecule has 0 fully saturated rings. The first kappa shape index (κ1) is 13.0. The van der Waals surface area contributed by atoms with E-state index in [0.717, 1.165) is 6.07 Å². The van der Waals surface area contributed by atoms with Crippen LogP contribution in [0.25, 0.3) is 22.0 Å². The summed E-state index contributed by atoms with van der Waals surface area (Å²) in [5.74, 6) is 0.104. The molecule has 3 rings (SSSR count). The third-order valence-electron chi connectivity index (χ3n) is 2.84. The van der Waals surface area contributed by atoms with Gasteiger partial charge in [-0.3, -0.25) is 0 Å². The van der Waals surface area contributed by atoms with Crippen LogP contribution in [0.1, 0.15) is 5.56 Å². The SMILES string of the molecule is FC(F)(F)c1cc(-c2cccs2)oc1-c1ccccc1. The van der Waals surface area contributed by atoms with Gasteiger partial charge in [0.1, 0.15) is 17.1 Å². The molecule has 102 valence electrons. The van der Waals surface area contributed by atoms with Gasteiger partial charge in [0.05, 0.1) is 4.88 Å². The Morgan fingerprint density at radius 1 is 0.950 bits per heavy atom. The second-order valence-corrected chi connectivity index (χ2v) is 5.14. The van der Waals surface area contributed by atoms with Crippen molar-refractivity contribution < 1.29 is 17.6 Å². The maximum absolute atomic E-state index is 13.1. The third-order valence-corrected chi connectivity index (χ3v) is 3.72. The topological polar surface area (TPSA) is 13.1 Å². The van der Waals surface area contributed by atoms with Crippen LogP contribution in [0.2, 0.25) is 0 Å². The monoisotopic (exact) mass is 294 g/mol. The predicted molar refractivity (Wildman–Crippen MR) is 72.5 cm³/mol. The zero-order valence-electron chi connectivity index (χ0n) is 10.1. The fourth-order valence-electron chi connectivity index (χ4n) is 1.95. The standard InChI is InChI=1S/C15H9F3OS/c16-15(17,18)11-9-12(13-7-4-8-20-13)19-14(11)10-5-2-1-3-6-10/h1-9H. The minimum atomic E-state index is -4.44. The van der Waals surface area contributed by atoms with Crippen LogP contribution in [0, 0.1) is 0 Å². The molecule has 0 saturated carbocycles. The Hall–Kier alpha value is -2.01. The van der Waals surface area contributed by atoms with Crippen molar-refractivity contribution in [2.75, 3.05) is 0 Å². The van der Waals surface area contributed by atoms with E-state index in [1.54, 1.807) is 47.8 Å². The molecular formula is C15H9F3OS. The molecule has 1 nitrogen and oxygen atoms in total. The summed E-state index contributed by atoms with van der Waals surface area (Å²) < 4.78 is 44.9. The minimum absolute atomic E-state index is 0.137. The average molecular weight is 294 g/mol. The van der Waals surface area contributed by atoms with Crippen LogP contribution in [0.15, 0.2) is 58.3 Å². The summed E-state index contributed by atoms with van der Waals surface area (Å²) in [6, 6.07) is 12.9. The van der Waals surface area contributed by atoms with Crippen molar-refractivity contribution in [3.63, 3.8) is 0 Å². The number of hydrogen-bond donors (Lipinski definition) is 0. The highest BCUT2D eigenvalue weighted by Gasteiger charge is 2.37. The number of halogens is 3. The van der Waals surface area contributed by atoms with E-state index in [1.165, 1.54) is 11.3 Å². The lowest BCUT2D eigenvalue weighted by Crippen LogP contribution is -2.04. The smallest absolute Gasteiger partial charge is 0.420 e. The van der Waals surface area contributed by atoms with Gasteiger partial charge >= 0.3 is 6.18 Å². The largest absolute Gasteiger partial charge is 0.455 e. The summed E-state index contributed by atoms with van der Waals surface area (Å²) in [5, 5.41) is 1.80. The van der Waals surface area contributed by atoms with Gasteiger partial charge in [-0.1, -0.05) is 36.4 Å². The van der Waals surface area contributed by atoms with E-state index < -0.39 is 11.7 Å². The molecule has 2 aromatic heterocycles. The molecule has 1 aromatic carbocycles. The molecule has 0 aliphatic rings. The number of alkyl halides is 3. The van der Waals surface area contributed by atoms with Crippen LogP contribution in [-0.2, 0) is 6.18 Å². The van der Waals surface area contributed by atoms with Crippen molar-refractivity contribution in [2.24, 2.45) is 0 Å². The number of benzene rings is 1. The van der Waals surface area contributed by atoms with Gasteiger partial charge < -0.3 is 4.42 Å². The Balaban J connectivity index is 2.18. The zero-order valence-corrected chi connectivity index (χ0v) is 11.0. The van der Waals surface area contributed by atoms with Crippen molar-refractivity contribution >= 4 is 11.3 Å². The Morgan fingerprint density at radius 2 is 1.70 bits per heavy atom. The molecule has 0 bridgehead atoms. The Morgan fingerprint density at radius 3 is 2.30 bits per heavy atom. The molecule has 0 aliphatic heterocycles. The summed E-state index contributed by atoms with van der Waals surface area (Å²) in [5.41, 5.74) is -0.324. The molecule has 0 aliphatic carbocycles. The second kappa shape index (κ2) is 4.83. The quantitative estimate of drug-likeness (QED) is 0.591. The van der Waals surface area contributed by atoms with E-state index in [0.29, 0.717) is 10.4 Å². The molecular weight excluding hydrogens is 285 g/mol. The molecule has 0 N–H and O–H groups in total. The minimum Gasteiger partial charge on any atom is -0.455 e. The van der Waals surface area contributed by atoms with Crippen LogP contribution in [0.3, 0.4) is 0 Å². The van der Waals surface area contributed by atoms with Crippen molar-refractivity contribution in [1.29, 1.82) is 0 Å². The van der Waals surface area contributed by atoms with E-state index in [-0.39, 0.29) is 11.5 Å². The lowest BCUT2D eigenvalue weighted by molar-refractivity contribution is -0.137. The lowest BCUT2D eigenvalue weighted by atomic mass is 10.1. The van der Waals surface area contributed by atoms with Gasteiger partial charge in [-0.05, 0) is 17.5 Å². The molecule has 3 aromatic rings. The van der Waals surface area contributed by atoms with E-state index >= 15 is 0 Å². The maximum Gasteiger partial charge on any atom is 0.420 e. The van der Waals surface area contributed by atoms with Crippen molar-refractivity contribution in [3.05, 3.63) is 59.5 Å². The van der Waals surface area contributed by atoms with Gasteiger partial charge in [0, 0.05) is 5.56 Å². The summed E-state index contributed by atoms with van der Waals surface area (Å²) in [6.45, 7) is 0.